The van der Waals surface area contributed by atoms with Crippen LogP contribution in [0.5, 0.6) is 0 Å². The Balaban J connectivity index is 2.02. The van der Waals surface area contributed by atoms with E-state index in [0.717, 1.165) is 38.5 Å². The number of rotatable bonds is 5. The van der Waals surface area contributed by atoms with Crippen LogP contribution < -0.4 is 0 Å². The summed E-state index contributed by atoms with van der Waals surface area (Å²) in [6, 6.07) is 0. The monoisotopic (exact) mass is 450 g/mol. The summed E-state index contributed by atoms with van der Waals surface area (Å²) >= 11 is 0. The molecule has 3 aliphatic rings. The van der Waals surface area contributed by atoms with Crippen molar-refractivity contribution in [1.29, 1.82) is 0 Å². The second kappa shape index (κ2) is 8.70. The van der Waals surface area contributed by atoms with Crippen molar-refractivity contribution < 1.29 is 18.7 Å². The van der Waals surface area contributed by atoms with Crippen molar-refractivity contribution in [3.8, 4) is 0 Å². The highest BCUT2D eigenvalue weighted by Crippen LogP contribution is 2.55. The number of hydrogen-bond donors (Lipinski definition) is 0. The fraction of sp³-hybridized carbons (Fsp3) is 0.885. The zero-order valence-corrected chi connectivity index (χ0v) is 22.5. The van der Waals surface area contributed by atoms with Crippen molar-refractivity contribution in [2.75, 3.05) is 13.9 Å². The molecule has 31 heavy (non-hydrogen) atoms. The standard InChI is InChI=1S/C26H46O4Si/c1-24(2,3)31(8,9)30-21-11-10-16-26(6)19(21)14-12-18-13-15-20(25(18,4)5)22(23(26)27)29-17-28-7/h12,19-22H,10-11,13-17H2,1-9H3/b18-12+/t19-,20+,21-,22+,26+/m0/s1. The molecule has 0 radical (unpaired) electrons. The molecule has 5 atom stereocenters. The number of carbonyl (C=O) groups is 1. The molecule has 0 N–H and O–H groups in total. The molecule has 0 spiro atoms. The molecule has 2 saturated carbocycles. The van der Waals surface area contributed by atoms with E-state index >= 15 is 0 Å². The predicted molar refractivity (Wildman–Crippen MR) is 128 cm³/mol. The van der Waals surface area contributed by atoms with Crippen LogP contribution in [-0.4, -0.2) is 40.2 Å². The summed E-state index contributed by atoms with van der Waals surface area (Å²) in [6.07, 6.45) is 8.25. The van der Waals surface area contributed by atoms with E-state index in [1.807, 2.05) is 0 Å². The number of fused-ring (bicyclic) bond motifs is 3. The third-order valence-electron chi connectivity index (χ3n) is 9.35. The van der Waals surface area contributed by atoms with E-state index in [0.29, 0.717) is 0 Å². The SMILES string of the molecule is COCO[C@H]1C(=O)[C@]2(C)CCC[C@H](O[Si](C)(C)C(C)(C)C)[C@@H]2C/C=C2\CC[C@H]1C2(C)C. The third kappa shape index (κ3) is 4.49. The molecule has 0 aromatic carbocycles. The molecule has 0 aromatic heterocycles. The van der Waals surface area contributed by atoms with Crippen molar-refractivity contribution in [3.05, 3.63) is 11.6 Å². The number of methoxy groups -OCH3 is 1. The first-order valence-corrected chi connectivity index (χ1v) is 15.2. The van der Waals surface area contributed by atoms with Crippen LogP contribution in [-0.2, 0) is 18.7 Å². The lowest BCUT2D eigenvalue weighted by atomic mass is 9.60. The zero-order chi connectivity index (χ0) is 23.2. The molecule has 0 aliphatic heterocycles. The third-order valence-corrected chi connectivity index (χ3v) is 13.9. The van der Waals surface area contributed by atoms with E-state index in [-0.39, 0.29) is 41.0 Å². The highest BCUT2D eigenvalue weighted by Gasteiger charge is 2.56. The zero-order valence-electron chi connectivity index (χ0n) is 21.5. The van der Waals surface area contributed by atoms with Gasteiger partial charge in [-0.15, -0.1) is 0 Å². The summed E-state index contributed by atoms with van der Waals surface area (Å²) < 4.78 is 18.4. The molecule has 0 amide bonds. The van der Waals surface area contributed by atoms with Crippen LogP contribution in [0.25, 0.3) is 0 Å². The average molecular weight is 451 g/mol. The van der Waals surface area contributed by atoms with Crippen molar-refractivity contribution >= 4 is 14.1 Å². The summed E-state index contributed by atoms with van der Waals surface area (Å²) in [6.45, 7) is 18.5. The minimum atomic E-state index is -1.93. The quantitative estimate of drug-likeness (QED) is 0.272. The summed E-state index contributed by atoms with van der Waals surface area (Å²) in [5, 5.41) is 0.160. The van der Waals surface area contributed by atoms with Crippen LogP contribution in [0.3, 0.4) is 0 Å². The van der Waals surface area contributed by atoms with Gasteiger partial charge in [0.15, 0.2) is 14.1 Å². The van der Waals surface area contributed by atoms with Crippen LogP contribution in [0.15, 0.2) is 11.6 Å². The molecule has 178 valence electrons. The normalized spacial score (nSPS) is 38.0. The van der Waals surface area contributed by atoms with Crippen LogP contribution in [0.4, 0.5) is 0 Å². The smallest absolute Gasteiger partial charge is 0.192 e. The number of carbonyl (C=O) groups excluding carboxylic acids is 1. The molecule has 0 heterocycles. The highest BCUT2D eigenvalue weighted by molar-refractivity contribution is 6.74. The van der Waals surface area contributed by atoms with Gasteiger partial charge in [0.1, 0.15) is 12.9 Å². The maximum absolute atomic E-state index is 14.2. The van der Waals surface area contributed by atoms with Crippen molar-refractivity contribution in [2.24, 2.45) is 22.7 Å². The lowest BCUT2D eigenvalue weighted by molar-refractivity contribution is -0.165. The van der Waals surface area contributed by atoms with Gasteiger partial charge in [-0.2, -0.15) is 0 Å². The Morgan fingerprint density at radius 3 is 2.42 bits per heavy atom. The van der Waals surface area contributed by atoms with Gasteiger partial charge in [0.2, 0.25) is 0 Å². The van der Waals surface area contributed by atoms with Gasteiger partial charge in [-0.05, 0) is 68.0 Å². The Morgan fingerprint density at radius 1 is 1.13 bits per heavy atom. The van der Waals surface area contributed by atoms with Crippen LogP contribution >= 0.6 is 0 Å². The van der Waals surface area contributed by atoms with E-state index in [9.17, 15) is 4.79 Å². The molecule has 0 aromatic rings. The van der Waals surface area contributed by atoms with Crippen LogP contribution in [0.1, 0.15) is 80.1 Å². The fourth-order valence-electron chi connectivity index (χ4n) is 6.12. The number of ether oxygens (including phenoxy) is 2. The van der Waals surface area contributed by atoms with Gasteiger partial charge in [0.25, 0.3) is 0 Å². The van der Waals surface area contributed by atoms with E-state index in [1.54, 1.807) is 7.11 Å². The molecule has 2 fully saturated rings. The second-order valence-electron chi connectivity index (χ2n) is 12.5. The molecule has 2 bridgehead atoms. The summed E-state index contributed by atoms with van der Waals surface area (Å²) in [5.74, 6) is 0.700. The second-order valence-corrected chi connectivity index (χ2v) is 17.3. The molecular weight excluding hydrogens is 404 g/mol. The molecule has 4 nitrogen and oxygen atoms in total. The highest BCUT2D eigenvalue weighted by atomic mass is 28.4. The molecule has 0 unspecified atom stereocenters. The summed E-state index contributed by atoms with van der Waals surface area (Å²) in [5.41, 5.74) is 1.06. The largest absolute Gasteiger partial charge is 0.414 e. The van der Waals surface area contributed by atoms with Crippen LogP contribution in [0, 0.1) is 22.7 Å². The number of ketones is 1. The van der Waals surface area contributed by atoms with Gasteiger partial charge in [-0.3, -0.25) is 4.79 Å². The maximum Gasteiger partial charge on any atom is 0.192 e. The summed E-state index contributed by atoms with van der Waals surface area (Å²) in [4.78, 5) is 14.2. The topological polar surface area (TPSA) is 44.8 Å². The number of hydrogen-bond acceptors (Lipinski definition) is 4. The Labute approximate surface area is 191 Å². The van der Waals surface area contributed by atoms with Gasteiger partial charge >= 0.3 is 0 Å². The minimum absolute atomic E-state index is 0.0201. The first-order chi connectivity index (χ1) is 14.3. The first-order valence-electron chi connectivity index (χ1n) is 12.3. The predicted octanol–water partition coefficient (Wildman–Crippen LogP) is 6.51. The lowest BCUT2D eigenvalue weighted by Crippen LogP contribution is -2.55. The van der Waals surface area contributed by atoms with E-state index in [2.05, 4.69) is 60.7 Å². The first kappa shape index (κ1) is 25.1. The fourth-order valence-corrected chi connectivity index (χ4v) is 7.51. The minimum Gasteiger partial charge on any atom is -0.414 e. The average Bonchev–Trinajstić information content (AvgIpc) is 2.95. The summed E-state index contributed by atoms with van der Waals surface area (Å²) in [7, 11) is -0.293. The Hall–Kier alpha value is -0.493. The van der Waals surface area contributed by atoms with Crippen molar-refractivity contribution in [1.82, 2.24) is 0 Å². The van der Waals surface area contributed by atoms with Gasteiger partial charge in [0.05, 0.1) is 0 Å². The Bertz CT molecular complexity index is 705. The molecule has 3 aliphatic carbocycles. The van der Waals surface area contributed by atoms with Gasteiger partial charge in [-0.25, -0.2) is 0 Å². The van der Waals surface area contributed by atoms with Crippen molar-refractivity contribution in [2.45, 2.75) is 110 Å². The lowest BCUT2D eigenvalue weighted by Gasteiger charge is -2.50. The van der Waals surface area contributed by atoms with Gasteiger partial charge in [-0.1, -0.05) is 53.2 Å². The molecule has 5 heteroatoms. The van der Waals surface area contributed by atoms with Gasteiger partial charge < -0.3 is 13.9 Å². The maximum atomic E-state index is 14.2. The van der Waals surface area contributed by atoms with Gasteiger partial charge in [0, 0.05) is 24.5 Å². The number of allylic oxidation sites excluding steroid dienone is 2. The Morgan fingerprint density at radius 2 is 1.81 bits per heavy atom. The van der Waals surface area contributed by atoms with E-state index in [4.69, 9.17) is 13.9 Å². The van der Waals surface area contributed by atoms with Crippen LogP contribution in [0.2, 0.25) is 18.1 Å². The van der Waals surface area contributed by atoms with E-state index < -0.39 is 19.8 Å². The molecule has 3 rings (SSSR count). The van der Waals surface area contributed by atoms with E-state index in [1.165, 1.54) is 5.57 Å². The molecular formula is C26H46O4Si. The molecule has 0 saturated heterocycles. The van der Waals surface area contributed by atoms with Crippen molar-refractivity contribution in [3.63, 3.8) is 0 Å². The Kier molecular flexibility index (Phi) is 7.05. The number of Topliss-reactive ketones (excluding diaryl/α,β-unsaturated/α-hetero) is 1.